The molecule has 3 heteroatoms. The second-order valence-corrected chi connectivity index (χ2v) is 6.05. The lowest BCUT2D eigenvalue weighted by molar-refractivity contribution is -0.200. The van der Waals surface area contributed by atoms with E-state index in [2.05, 4.69) is 0 Å². The van der Waals surface area contributed by atoms with E-state index in [-0.39, 0.29) is 11.5 Å². The van der Waals surface area contributed by atoms with Crippen LogP contribution in [-0.2, 0) is 4.74 Å². The standard InChI is InChI=1S/C14H27NO2/c1-17-12-9-14(16,10-12)13(11-15)7-5-3-2-4-6-8-13/h12,16H,2-11,15H2,1H3. The topological polar surface area (TPSA) is 55.5 Å². The first-order valence-electron chi connectivity index (χ1n) is 7.11. The smallest absolute Gasteiger partial charge is 0.0765 e. The molecule has 2 aliphatic carbocycles. The number of nitrogens with two attached hydrogens (primary N) is 1. The van der Waals surface area contributed by atoms with Gasteiger partial charge in [0.15, 0.2) is 0 Å². The zero-order chi connectivity index (χ0) is 12.4. The molecule has 0 atom stereocenters. The summed E-state index contributed by atoms with van der Waals surface area (Å²) in [6, 6.07) is 0. The largest absolute Gasteiger partial charge is 0.389 e. The average molecular weight is 241 g/mol. The molecule has 2 fully saturated rings. The molecule has 0 saturated heterocycles. The molecule has 0 aromatic rings. The van der Waals surface area contributed by atoms with Gasteiger partial charge in [-0.15, -0.1) is 0 Å². The summed E-state index contributed by atoms with van der Waals surface area (Å²) in [4.78, 5) is 0. The third-order valence-corrected chi connectivity index (χ3v) is 5.15. The predicted molar refractivity (Wildman–Crippen MR) is 68.8 cm³/mol. The number of hydrogen-bond acceptors (Lipinski definition) is 3. The Hall–Kier alpha value is -0.120. The second-order valence-electron chi connectivity index (χ2n) is 6.05. The number of aliphatic hydroxyl groups is 1. The lowest BCUT2D eigenvalue weighted by Gasteiger charge is -2.56. The van der Waals surface area contributed by atoms with Gasteiger partial charge in [0, 0.05) is 31.9 Å². The van der Waals surface area contributed by atoms with E-state index >= 15 is 0 Å². The summed E-state index contributed by atoms with van der Waals surface area (Å²) in [5, 5.41) is 10.8. The fourth-order valence-electron chi connectivity index (χ4n) is 3.73. The van der Waals surface area contributed by atoms with Gasteiger partial charge in [0.1, 0.15) is 0 Å². The Kier molecular flexibility index (Phi) is 4.11. The molecule has 3 nitrogen and oxygen atoms in total. The van der Waals surface area contributed by atoms with Crippen LogP contribution in [0.1, 0.15) is 57.8 Å². The van der Waals surface area contributed by atoms with Crippen molar-refractivity contribution in [3.05, 3.63) is 0 Å². The maximum atomic E-state index is 10.8. The van der Waals surface area contributed by atoms with Crippen LogP contribution in [0.15, 0.2) is 0 Å². The van der Waals surface area contributed by atoms with Crippen molar-refractivity contribution in [1.82, 2.24) is 0 Å². The van der Waals surface area contributed by atoms with Crippen LogP contribution >= 0.6 is 0 Å². The summed E-state index contributed by atoms with van der Waals surface area (Å²) in [7, 11) is 1.73. The van der Waals surface area contributed by atoms with E-state index in [4.69, 9.17) is 10.5 Å². The van der Waals surface area contributed by atoms with E-state index in [1.807, 2.05) is 0 Å². The minimum absolute atomic E-state index is 0.0392. The van der Waals surface area contributed by atoms with E-state index in [9.17, 15) is 5.11 Å². The van der Waals surface area contributed by atoms with Crippen LogP contribution in [-0.4, -0.2) is 30.5 Å². The van der Waals surface area contributed by atoms with Crippen LogP contribution in [0.3, 0.4) is 0 Å². The van der Waals surface area contributed by atoms with Gasteiger partial charge in [-0.25, -0.2) is 0 Å². The van der Waals surface area contributed by atoms with Crippen LogP contribution < -0.4 is 5.73 Å². The highest BCUT2D eigenvalue weighted by molar-refractivity contribution is 5.08. The summed E-state index contributed by atoms with van der Waals surface area (Å²) < 4.78 is 5.32. The SMILES string of the molecule is COC1CC(O)(C2(CN)CCCCCCC2)C1. The molecule has 0 heterocycles. The molecule has 3 N–H and O–H groups in total. The molecule has 0 radical (unpaired) electrons. The summed E-state index contributed by atoms with van der Waals surface area (Å²) in [6.45, 7) is 0.625. The Morgan fingerprint density at radius 1 is 1.12 bits per heavy atom. The van der Waals surface area contributed by atoms with Crippen LogP contribution in [0, 0.1) is 5.41 Å². The molecule has 100 valence electrons. The quantitative estimate of drug-likeness (QED) is 0.796. The Morgan fingerprint density at radius 2 is 1.65 bits per heavy atom. The van der Waals surface area contributed by atoms with Crippen molar-refractivity contribution in [2.24, 2.45) is 11.1 Å². The molecule has 0 aliphatic heterocycles. The minimum atomic E-state index is -0.556. The van der Waals surface area contributed by atoms with Crippen LogP contribution in [0.4, 0.5) is 0 Å². The lowest BCUT2D eigenvalue weighted by atomic mass is 9.56. The van der Waals surface area contributed by atoms with Gasteiger partial charge in [0.2, 0.25) is 0 Å². The second kappa shape index (κ2) is 5.25. The van der Waals surface area contributed by atoms with Crippen LogP contribution in [0.2, 0.25) is 0 Å². The Balaban J connectivity index is 2.06. The Bertz CT molecular complexity index is 241. The highest BCUT2D eigenvalue weighted by Gasteiger charge is 2.56. The van der Waals surface area contributed by atoms with Crippen molar-refractivity contribution in [1.29, 1.82) is 0 Å². The first kappa shape index (κ1) is 13.3. The van der Waals surface area contributed by atoms with E-state index in [0.717, 1.165) is 25.7 Å². The van der Waals surface area contributed by atoms with Gasteiger partial charge in [0.05, 0.1) is 11.7 Å². The zero-order valence-corrected chi connectivity index (χ0v) is 11.1. The molecule has 0 unspecified atom stereocenters. The molecule has 0 spiro atoms. The van der Waals surface area contributed by atoms with Gasteiger partial charge >= 0.3 is 0 Å². The maximum Gasteiger partial charge on any atom is 0.0765 e. The number of rotatable bonds is 3. The number of ether oxygens (including phenoxy) is 1. The molecule has 2 aliphatic rings. The molecule has 0 bridgehead atoms. The third kappa shape index (κ3) is 2.38. The first-order chi connectivity index (χ1) is 8.16. The van der Waals surface area contributed by atoms with Crippen LogP contribution in [0.5, 0.6) is 0 Å². The first-order valence-corrected chi connectivity index (χ1v) is 7.11. The number of methoxy groups -OCH3 is 1. The maximum absolute atomic E-state index is 10.8. The molecule has 17 heavy (non-hydrogen) atoms. The summed E-state index contributed by atoms with van der Waals surface area (Å²) >= 11 is 0. The van der Waals surface area contributed by atoms with Crippen molar-refractivity contribution in [3.8, 4) is 0 Å². The normalized spacial score (nSPS) is 37.9. The highest BCUT2D eigenvalue weighted by Crippen LogP contribution is 2.52. The van der Waals surface area contributed by atoms with E-state index in [1.165, 1.54) is 32.1 Å². The van der Waals surface area contributed by atoms with Crippen molar-refractivity contribution < 1.29 is 9.84 Å². The Labute approximate surface area is 105 Å². The van der Waals surface area contributed by atoms with Gasteiger partial charge < -0.3 is 15.6 Å². The van der Waals surface area contributed by atoms with E-state index in [0.29, 0.717) is 6.54 Å². The fraction of sp³-hybridized carbons (Fsp3) is 1.00. The third-order valence-electron chi connectivity index (χ3n) is 5.15. The lowest BCUT2D eigenvalue weighted by Crippen LogP contribution is -2.62. The fourth-order valence-corrected chi connectivity index (χ4v) is 3.73. The van der Waals surface area contributed by atoms with Crippen molar-refractivity contribution in [3.63, 3.8) is 0 Å². The monoisotopic (exact) mass is 241 g/mol. The van der Waals surface area contributed by atoms with Crippen molar-refractivity contribution in [2.75, 3.05) is 13.7 Å². The molecule has 0 aromatic carbocycles. The molecule has 0 amide bonds. The zero-order valence-electron chi connectivity index (χ0n) is 11.1. The van der Waals surface area contributed by atoms with E-state index < -0.39 is 5.60 Å². The van der Waals surface area contributed by atoms with Gasteiger partial charge in [-0.3, -0.25) is 0 Å². The van der Waals surface area contributed by atoms with Gasteiger partial charge in [-0.2, -0.15) is 0 Å². The van der Waals surface area contributed by atoms with Gasteiger partial charge in [-0.05, 0) is 12.8 Å². The Morgan fingerprint density at radius 3 is 2.12 bits per heavy atom. The average Bonchev–Trinajstić information content (AvgIpc) is 2.25. The summed E-state index contributed by atoms with van der Waals surface area (Å²) in [6.07, 6.45) is 10.4. The van der Waals surface area contributed by atoms with Gasteiger partial charge in [-0.1, -0.05) is 32.1 Å². The minimum Gasteiger partial charge on any atom is -0.389 e. The van der Waals surface area contributed by atoms with Crippen molar-refractivity contribution >= 4 is 0 Å². The summed E-state index contributed by atoms with van der Waals surface area (Å²) in [5.41, 5.74) is 5.45. The molecular weight excluding hydrogens is 214 g/mol. The van der Waals surface area contributed by atoms with Crippen LogP contribution in [0.25, 0.3) is 0 Å². The predicted octanol–water partition coefficient (Wildman–Crippen LogP) is 2.22. The number of hydrogen-bond donors (Lipinski definition) is 2. The molecular formula is C14H27NO2. The summed E-state index contributed by atoms with van der Waals surface area (Å²) in [5.74, 6) is 0. The molecule has 2 saturated carbocycles. The molecule has 0 aromatic heterocycles. The van der Waals surface area contributed by atoms with E-state index in [1.54, 1.807) is 7.11 Å². The highest BCUT2D eigenvalue weighted by atomic mass is 16.5. The van der Waals surface area contributed by atoms with Crippen molar-refractivity contribution in [2.45, 2.75) is 69.5 Å². The van der Waals surface area contributed by atoms with Gasteiger partial charge in [0.25, 0.3) is 0 Å². The molecule has 2 rings (SSSR count).